The molecule has 1 fully saturated rings. The Labute approximate surface area is 173 Å². The summed E-state index contributed by atoms with van der Waals surface area (Å²) in [5, 5.41) is 1.17. The first-order valence-electron chi connectivity index (χ1n) is 10.6. The van der Waals surface area contributed by atoms with Gasteiger partial charge in [-0.25, -0.2) is 0 Å². The summed E-state index contributed by atoms with van der Waals surface area (Å²) in [6, 6.07) is 11.7. The van der Waals surface area contributed by atoms with Gasteiger partial charge in [0.1, 0.15) is 18.8 Å². The fourth-order valence-electron chi connectivity index (χ4n) is 4.20. The first kappa shape index (κ1) is 20.4. The van der Waals surface area contributed by atoms with Crippen molar-refractivity contribution in [2.24, 2.45) is 5.92 Å². The molecule has 2 bridgehead atoms. The number of para-hydroxylation sites is 1. The lowest BCUT2D eigenvalue weighted by molar-refractivity contribution is -0.167. The minimum absolute atomic E-state index is 0.0826. The number of carbonyl (C=O) groups is 1. The van der Waals surface area contributed by atoms with Crippen LogP contribution in [0.5, 0.6) is 0 Å². The molecule has 1 aromatic heterocycles. The van der Waals surface area contributed by atoms with Crippen molar-refractivity contribution in [3.05, 3.63) is 42.1 Å². The number of fused-ring (bicyclic) bond motifs is 3. The van der Waals surface area contributed by atoms with Gasteiger partial charge in [0.25, 0.3) is 0 Å². The molecule has 2 aromatic rings. The van der Waals surface area contributed by atoms with E-state index >= 15 is 0 Å². The summed E-state index contributed by atoms with van der Waals surface area (Å²) in [5.41, 5.74) is 3.30. The summed E-state index contributed by atoms with van der Waals surface area (Å²) in [6.45, 7) is 10.9. The summed E-state index contributed by atoms with van der Waals surface area (Å²) in [4.78, 5) is 12.3. The van der Waals surface area contributed by atoms with Crippen LogP contribution in [-0.4, -0.2) is 44.0 Å². The highest BCUT2D eigenvalue weighted by Crippen LogP contribution is 2.41. The first-order valence-corrected chi connectivity index (χ1v) is 14.3. The van der Waals surface area contributed by atoms with E-state index in [1.54, 1.807) is 0 Å². The Hall–Kier alpha value is -1.89. The zero-order chi connectivity index (χ0) is 20.6. The minimum atomic E-state index is -1.13. The lowest BCUT2D eigenvalue weighted by Gasteiger charge is -2.40. The molecule has 6 heteroatoms. The Balaban J connectivity index is 1.64. The number of ether oxygens (including phenoxy) is 3. The van der Waals surface area contributed by atoms with Crippen molar-refractivity contribution in [3.63, 3.8) is 0 Å². The molecule has 1 aromatic carbocycles. The maximum atomic E-state index is 12.3. The molecule has 1 aliphatic carbocycles. The van der Waals surface area contributed by atoms with Gasteiger partial charge in [-0.05, 0) is 25.1 Å². The average Bonchev–Trinajstić information content (AvgIpc) is 3.03. The second kappa shape index (κ2) is 8.09. The molecule has 0 N–H and O–H groups in total. The van der Waals surface area contributed by atoms with Crippen LogP contribution in [0.15, 0.2) is 36.4 Å². The number of hydrogen-bond donors (Lipinski definition) is 0. The van der Waals surface area contributed by atoms with E-state index in [9.17, 15) is 4.79 Å². The third kappa shape index (κ3) is 4.20. The summed E-state index contributed by atoms with van der Waals surface area (Å²) < 4.78 is 19.8. The van der Waals surface area contributed by atoms with Crippen LogP contribution < -0.4 is 0 Å². The molecule has 3 aliphatic rings. The molecular formula is C23H31NO4Si. The number of rotatable bonds is 8. The molecular weight excluding hydrogens is 382 g/mol. The Morgan fingerprint density at radius 2 is 2.03 bits per heavy atom. The molecule has 0 amide bonds. The Morgan fingerprint density at radius 1 is 1.24 bits per heavy atom. The van der Waals surface area contributed by atoms with E-state index in [1.165, 1.54) is 5.39 Å². The fourth-order valence-corrected chi connectivity index (χ4v) is 4.96. The number of aromatic nitrogens is 1. The highest BCUT2D eigenvalue weighted by atomic mass is 28.3. The molecule has 1 saturated heterocycles. The van der Waals surface area contributed by atoms with E-state index < -0.39 is 8.07 Å². The lowest BCUT2D eigenvalue weighted by atomic mass is 9.81. The maximum absolute atomic E-state index is 12.3. The third-order valence-electron chi connectivity index (χ3n) is 5.79. The smallest absolute Gasteiger partial charge is 0.316 e. The summed E-state index contributed by atoms with van der Waals surface area (Å²) in [5.74, 6) is -0.494. The summed E-state index contributed by atoms with van der Waals surface area (Å²) >= 11 is 0. The topological polar surface area (TPSA) is 49.7 Å². The van der Waals surface area contributed by atoms with Gasteiger partial charge < -0.3 is 18.8 Å². The van der Waals surface area contributed by atoms with Crippen LogP contribution in [-0.2, 0) is 25.7 Å². The SMILES string of the molecule is CCO[C@@H]1C[C@H]2OC(=O)[C@@H]1C=C2c1cc2ccccc2n1COCC[Si](C)(C)C. The number of nitrogens with zero attached hydrogens (tertiary/aromatic N) is 1. The largest absolute Gasteiger partial charge is 0.457 e. The van der Waals surface area contributed by atoms with Gasteiger partial charge in [-0.2, -0.15) is 0 Å². The Morgan fingerprint density at radius 3 is 2.76 bits per heavy atom. The zero-order valence-electron chi connectivity index (χ0n) is 17.8. The van der Waals surface area contributed by atoms with Gasteiger partial charge in [0, 0.05) is 38.7 Å². The molecule has 2 aliphatic heterocycles. The van der Waals surface area contributed by atoms with Crippen molar-refractivity contribution in [2.75, 3.05) is 13.2 Å². The van der Waals surface area contributed by atoms with Crippen molar-refractivity contribution in [2.45, 2.75) is 58.0 Å². The molecule has 0 saturated carbocycles. The van der Waals surface area contributed by atoms with Crippen LogP contribution in [0.1, 0.15) is 19.0 Å². The van der Waals surface area contributed by atoms with Gasteiger partial charge in [-0.1, -0.05) is 43.9 Å². The van der Waals surface area contributed by atoms with E-state index in [4.69, 9.17) is 14.2 Å². The molecule has 5 rings (SSSR count). The first-order chi connectivity index (χ1) is 13.9. The van der Waals surface area contributed by atoms with Gasteiger partial charge in [0.2, 0.25) is 0 Å². The van der Waals surface area contributed by atoms with Crippen LogP contribution in [0.2, 0.25) is 25.7 Å². The molecule has 29 heavy (non-hydrogen) atoms. The molecule has 0 unspecified atom stereocenters. The van der Waals surface area contributed by atoms with Gasteiger partial charge in [-0.3, -0.25) is 4.79 Å². The van der Waals surface area contributed by atoms with Gasteiger partial charge in [0.05, 0.1) is 17.3 Å². The van der Waals surface area contributed by atoms with Crippen LogP contribution in [0.4, 0.5) is 0 Å². The molecule has 3 heterocycles. The summed E-state index contributed by atoms with van der Waals surface area (Å²) in [7, 11) is -1.13. The van der Waals surface area contributed by atoms with Crippen molar-refractivity contribution in [3.8, 4) is 0 Å². The molecule has 3 atom stereocenters. The zero-order valence-corrected chi connectivity index (χ0v) is 18.8. The molecule has 0 spiro atoms. The van der Waals surface area contributed by atoms with Crippen LogP contribution >= 0.6 is 0 Å². The van der Waals surface area contributed by atoms with Crippen LogP contribution in [0.25, 0.3) is 16.5 Å². The Kier molecular flexibility index (Phi) is 5.68. The number of benzene rings is 1. The lowest BCUT2D eigenvalue weighted by Crippen LogP contribution is -2.46. The molecule has 156 valence electrons. The predicted octanol–water partition coefficient (Wildman–Crippen LogP) is 4.69. The van der Waals surface area contributed by atoms with Gasteiger partial charge in [-0.15, -0.1) is 0 Å². The standard InChI is InChI=1S/C23H31NO4Si/c1-5-27-21-14-22-17(13-18(21)23(25)28-22)20-12-16-8-6-7-9-19(16)24(20)15-26-10-11-29(2,3)4/h6-9,12-13,18,21-22H,5,10-11,14-15H2,1-4H3/t18-,21-,22-/m1/s1. The normalized spacial score (nSPS) is 24.1. The second-order valence-corrected chi connectivity index (χ2v) is 14.8. The fraction of sp³-hybridized carbons (Fsp3) is 0.522. The number of esters is 1. The van der Waals surface area contributed by atoms with Crippen molar-refractivity contribution >= 4 is 30.5 Å². The molecule has 0 radical (unpaired) electrons. The van der Waals surface area contributed by atoms with E-state index in [-0.39, 0.29) is 24.1 Å². The predicted molar refractivity (Wildman–Crippen MR) is 117 cm³/mol. The average molecular weight is 414 g/mol. The van der Waals surface area contributed by atoms with Gasteiger partial charge >= 0.3 is 5.97 Å². The van der Waals surface area contributed by atoms with Crippen molar-refractivity contribution in [1.82, 2.24) is 4.57 Å². The number of carbonyl (C=O) groups excluding carboxylic acids is 1. The third-order valence-corrected chi connectivity index (χ3v) is 7.49. The minimum Gasteiger partial charge on any atom is -0.457 e. The maximum Gasteiger partial charge on any atom is 0.316 e. The van der Waals surface area contributed by atoms with E-state index in [1.807, 2.05) is 6.92 Å². The second-order valence-electron chi connectivity index (χ2n) is 9.17. The quantitative estimate of drug-likeness (QED) is 0.358. The Bertz CT molecular complexity index is 927. The highest BCUT2D eigenvalue weighted by molar-refractivity contribution is 6.76. The summed E-state index contributed by atoms with van der Waals surface area (Å²) in [6.07, 6.45) is 2.44. The van der Waals surface area contributed by atoms with E-state index in [0.29, 0.717) is 19.8 Å². The monoisotopic (exact) mass is 413 g/mol. The van der Waals surface area contributed by atoms with Crippen LogP contribution in [0.3, 0.4) is 0 Å². The highest BCUT2D eigenvalue weighted by Gasteiger charge is 2.45. The number of hydrogen-bond acceptors (Lipinski definition) is 4. The van der Waals surface area contributed by atoms with E-state index in [0.717, 1.165) is 29.4 Å². The van der Waals surface area contributed by atoms with Gasteiger partial charge in [0.15, 0.2) is 0 Å². The molecule has 5 nitrogen and oxygen atoms in total. The van der Waals surface area contributed by atoms with Crippen LogP contribution in [0, 0.1) is 5.92 Å². The van der Waals surface area contributed by atoms with Crippen molar-refractivity contribution in [1.29, 1.82) is 0 Å². The van der Waals surface area contributed by atoms with E-state index in [2.05, 4.69) is 60.6 Å². The van der Waals surface area contributed by atoms with Crippen molar-refractivity contribution < 1.29 is 19.0 Å².